The Hall–Kier alpha value is -1.79. The molecule has 1 N–H and O–H groups in total. The van der Waals surface area contributed by atoms with Crippen LogP contribution in [0, 0.1) is 10.1 Å². The molecular formula is C13H10BrClN2O3. The van der Waals surface area contributed by atoms with Gasteiger partial charge in [0.1, 0.15) is 16.5 Å². The standard InChI is InChI=1S/C13H10BrClN2O3/c1-20-12-6-5-8(14)7-11(12)16-10-4-2-3-9(15)13(10)17(18)19/h2-7,16H,1H3. The Morgan fingerprint density at radius 2 is 2.05 bits per heavy atom. The van der Waals surface area contributed by atoms with Crippen molar-refractivity contribution in [3.05, 3.63) is 56.0 Å². The van der Waals surface area contributed by atoms with Crippen molar-refractivity contribution in [3.8, 4) is 5.75 Å². The molecule has 0 saturated carbocycles. The summed E-state index contributed by atoms with van der Waals surface area (Å²) in [5.41, 5.74) is 0.738. The highest BCUT2D eigenvalue weighted by atomic mass is 79.9. The molecule has 104 valence electrons. The van der Waals surface area contributed by atoms with Crippen LogP contribution < -0.4 is 10.1 Å². The van der Waals surface area contributed by atoms with Crippen LogP contribution in [0.2, 0.25) is 5.02 Å². The van der Waals surface area contributed by atoms with Gasteiger partial charge in [0.05, 0.1) is 17.7 Å². The lowest BCUT2D eigenvalue weighted by atomic mass is 10.2. The Morgan fingerprint density at radius 1 is 1.30 bits per heavy atom. The molecule has 0 aliphatic heterocycles. The summed E-state index contributed by atoms with van der Waals surface area (Å²) in [6, 6.07) is 10.0. The first kappa shape index (κ1) is 14.6. The molecule has 0 radical (unpaired) electrons. The minimum atomic E-state index is -0.519. The second kappa shape index (κ2) is 6.11. The van der Waals surface area contributed by atoms with Crippen LogP contribution >= 0.6 is 27.5 Å². The summed E-state index contributed by atoms with van der Waals surface area (Å²) in [6.07, 6.45) is 0. The number of nitrogens with zero attached hydrogens (tertiary/aromatic N) is 1. The van der Waals surface area contributed by atoms with Crippen LogP contribution in [0.4, 0.5) is 17.1 Å². The lowest BCUT2D eigenvalue weighted by Gasteiger charge is -2.12. The molecule has 0 bridgehead atoms. The molecule has 7 heteroatoms. The molecule has 2 aromatic rings. The summed E-state index contributed by atoms with van der Waals surface area (Å²) < 4.78 is 6.04. The molecular weight excluding hydrogens is 348 g/mol. The van der Waals surface area contributed by atoms with E-state index < -0.39 is 4.92 Å². The van der Waals surface area contributed by atoms with Crippen LogP contribution in [0.5, 0.6) is 5.75 Å². The molecule has 0 atom stereocenters. The summed E-state index contributed by atoms with van der Waals surface area (Å²) in [7, 11) is 1.53. The van der Waals surface area contributed by atoms with E-state index in [1.165, 1.54) is 13.2 Å². The average Bonchev–Trinajstić information content (AvgIpc) is 2.38. The number of methoxy groups -OCH3 is 1. The van der Waals surface area contributed by atoms with E-state index in [-0.39, 0.29) is 10.7 Å². The van der Waals surface area contributed by atoms with Crippen molar-refractivity contribution < 1.29 is 9.66 Å². The maximum Gasteiger partial charge on any atom is 0.311 e. The number of nitro groups is 1. The lowest BCUT2D eigenvalue weighted by molar-refractivity contribution is -0.383. The Morgan fingerprint density at radius 3 is 2.70 bits per heavy atom. The number of ether oxygens (including phenoxy) is 1. The largest absolute Gasteiger partial charge is 0.495 e. The monoisotopic (exact) mass is 356 g/mol. The molecule has 5 nitrogen and oxygen atoms in total. The van der Waals surface area contributed by atoms with Crippen molar-refractivity contribution in [2.75, 3.05) is 12.4 Å². The number of hydrogen-bond acceptors (Lipinski definition) is 4. The Kier molecular flexibility index (Phi) is 4.46. The van der Waals surface area contributed by atoms with Crippen LogP contribution in [-0.2, 0) is 0 Å². The zero-order valence-electron chi connectivity index (χ0n) is 10.4. The number of nitrogens with one attached hydrogen (secondary N) is 1. The van der Waals surface area contributed by atoms with Crippen molar-refractivity contribution in [1.82, 2.24) is 0 Å². The number of halogens is 2. The second-order valence-corrected chi connectivity index (χ2v) is 5.19. The van der Waals surface area contributed by atoms with E-state index in [1.54, 1.807) is 24.3 Å². The fourth-order valence-electron chi connectivity index (χ4n) is 1.72. The van der Waals surface area contributed by atoms with Crippen molar-refractivity contribution in [1.29, 1.82) is 0 Å². The van der Waals surface area contributed by atoms with Gasteiger partial charge in [0.15, 0.2) is 0 Å². The highest BCUT2D eigenvalue weighted by molar-refractivity contribution is 9.10. The van der Waals surface area contributed by atoms with Gasteiger partial charge < -0.3 is 10.1 Å². The van der Waals surface area contributed by atoms with Gasteiger partial charge in [-0.1, -0.05) is 33.6 Å². The predicted octanol–water partition coefficient (Wildman–Crippen LogP) is 4.76. The van der Waals surface area contributed by atoms with Crippen LogP contribution in [0.15, 0.2) is 40.9 Å². The van der Waals surface area contributed by atoms with E-state index in [4.69, 9.17) is 16.3 Å². The molecule has 2 aromatic carbocycles. The number of para-hydroxylation sites is 1. The molecule has 0 saturated heterocycles. The molecule has 0 amide bonds. The van der Waals surface area contributed by atoms with E-state index in [2.05, 4.69) is 21.2 Å². The third-order valence-corrected chi connectivity index (χ3v) is 3.40. The van der Waals surface area contributed by atoms with Gasteiger partial charge in [0.25, 0.3) is 0 Å². The van der Waals surface area contributed by atoms with E-state index in [0.29, 0.717) is 17.1 Å². The van der Waals surface area contributed by atoms with E-state index >= 15 is 0 Å². The van der Waals surface area contributed by atoms with Gasteiger partial charge in [-0.15, -0.1) is 0 Å². The molecule has 2 rings (SSSR count). The highest BCUT2D eigenvalue weighted by Gasteiger charge is 2.19. The Labute approximate surface area is 128 Å². The zero-order chi connectivity index (χ0) is 14.7. The third-order valence-electron chi connectivity index (χ3n) is 2.60. The fraction of sp³-hybridized carbons (Fsp3) is 0.0769. The lowest BCUT2D eigenvalue weighted by Crippen LogP contribution is -1.99. The molecule has 0 aliphatic carbocycles. The van der Waals surface area contributed by atoms with E-state index in [1.807, 2.05) is 6.07 Å². The number of benzene rings is 2. The zero-order valence-corrected chi connectivity index (χ0v) is 12.7. The van der Waals surface area contributed by atoms with E-state index in [0.717, 1.165) is 4.47 Å². The van der Waals surface area contributed by atoms with Gasteiger partial charge in [0.2, 0.25) is 0 Å². The first-order chi connectivity index (χ1) is 9.52. The molecule has 0 aliphatic rings. The fourth-order valence-corrected chi connectivity index (χ4v) is 2.33. The normalized spacial score (nSPS) is 10.2. The van der Waals surface area contributed by atoms with Crippen LogP contribution in [0.3, 0.4) is 0 Å². The first-order valence-corrected chi connectivity index (χ1v) is 6.73. The smallest absolute Gasteiger partial charge is 0.311 e. The third kappa shape index (κ3) is 3.02. The van der Waals surface area contributed by atoms with Gasteiger partial charge in [0, 0.05) is 4.47 Å². The van der Waals surface area contributed by atoms with Crippen molar-refractivity contribution in [2.24, 2.45) is 0 Å². The van der Waals surface area contributed by atoms with Crippen molar-refractivity contribution in [2.45, 2.75) is 0 Å². The summed E-state index contributed by atoms with van der Waals surface area (Å²) in [5.74, 6) is 0.572. The number of anilines is 2. The van der Waals surface area contributed by atoms with Gasteiger partial charge >= 0.3 is 5.69 Å². The average molecular weight is 358 g/mol. The van der Waals surface area contributed by atoms with Gasteiger partial charge in [-0.2, -0.15) is 0 Å². The topological polar surface area (TPSA) is 64.4 Å². The molecule has 0 heterocycles. The Balaban J connectivity index is 2.48. The minimum Gasteiger partial charge on any atom is -0.495 e. The SMILES string of the molecule is COc1ccc(Br)cc1Nc1cccc(Cl)c1[N+](=O)[O-]. The summed E-state index contributed by atoms with van der Waals surface area (Å²) in [6.45, 7) is 0. The Bertz CT molecular complexity index is 664. The molecule has 0 unspecified atom stereocenters. The van der Waals surface area contributed by atoms with Gasteiger partial charge in [-0.3, -0.25) is 10.1 Å². The minimum absolute atomic E-state index is 0.0777. The van der Waals surface area contributed by atoms with Crippen molar-refractivity contribution in [3.63, 3.8) is 0 Å². The molecule has 0 fully saturated rings. The number of rotatable bonds is 4. The molecule has 20 heavy (non-hydrogen) atoms. The maximum atomic E-state index is 11.1. The van der Waals surface area contributed by atoms with Crippen LogP contribution in [-0.4, -0.2) is 12.0 Å². The van der Waals surface area contributed by atoms with Gasteiger partial charge in [-0.05, 0) is 30.3 Å². The second-order valence-electron chi connectivity index (χ2n) is 3.86. The highest BCUT2D eigenvalue weighted by Crippen LogP contribution is 2.37. The van der Waals surface area contributed by atoms with Crippen LogP contribution in [0.1, 0.15) is 0 Å². The molecule has 0 spiro atoms. The van der Waals surface area contributed by atoms with Crippen LogP contribution in [0.25, 0.3) is 0 Å². The van der Waals surface area contributed by atoms with Gasteiger partial charge in [-0.25, -0.2) is 0 Å². The quantitative estimate of drug-likeness (QED) is 0.633. The maximum absolute atomic E-state index is 11.1. The summed E-state index contributed by atoms with van der Waals surface area (Å²) >= 11 is 9.22. The first-order valence-electron chi connectivity index (χ1n) is 5.56. The van der Waals surface area contributed by atoms with E-state index in [9.17, 15) is 10.1 Å². The summed E-state index contributed by atoms with van der Waals surface area (Å²) in [5, 5.41) is 14.1. The van der Waals surface area contributed by atoms with Crippen molar-refractivity contribution >= 4 is 44.6 Å². The number of hydrogen-bond donors (Lipinski definition) is 1. The predicted molar refractivity (Wildman–Crippen MR) is 82.1 cm³/mol. The number of nitro benzene ring substituents is 1. The summed E-state index contributed by atoms with van der Waals surface area (Å²) in [4.78, 5) is 10.6. The molecule has 0 aromatic heterocycles.